The van der Waals surface area contributed by atoms with Gasteiger partial charge < -0.3 is 15.4 Å². The van der Waals surface area contributed by atoms with E-state index in [1.54, 1.807) is 0 Å². The molecule has 12 heavy (non-hydrogen) atoms. The standard InChI is InChI=1S/C6H8N4O2/c11-10(12)6-5-4(8-9-6)2-1-3-7-5/h7H,1-3H2,(H,8,9). The monoisotopic (exact) mass is 168 g/mol. The van der Waals surface area contributed by atoms with Gasteiger partial charge in [0.1, 0.15) is 5.69 Å². The molecule has 0 saturated carbocycles. The molecule has 0 fully saturated rings. The van der Waals surface area contributed by atoms with E-state index in [0.29, 0.717) is 5.69 Å². The molecule has 0 aliphatic carbocycles. The molecule has 0 atom stereocenters. The first kappa shape index (κ1) is 7.08. The Kier molecular flexibility index (Phi) is 1.46. The first-order valence-electron chi connectivity index (χ1n) is 3.74. The Labute approximate surface area is 68.1 Å². The lowest BCUT2D eigenvalue weighted by Gasteiger charge is -2.10. The fourth-order valence-electron chi connectivity index (χ4n) is 1.34. The van der Waals surface area contributed by atoms with Crippen molar-refractivity contribution in [2.45, 2.75) is 12.8 Å². The number of rotatable bonds is 1. The summed E-state index contributed by atoms with van der Waals surface area (Å²) in [5.41, 5.74) is 1.33. The van der Waals surface area contributed by atoms with Gasteiger partial charge in [-0.2, -0.15) is 0 Å². The van der Waals surface area contributed by atoms with Crippen LogP contribution in [-0.2, 0) is 6.42 Å². The van der Waals surface area contributed by atoms with E-state index in [1.165, 1.54) is 0 Å². The predicted molar refractivity (Wildman–Crippen MR) is 42.1 cm³/mol. The Hall–Kier alpha value is -1.59. The largest absolute Gasteiger partial charge is 0.377 e. The van der Waals surface area contributed by atoms with Gasteiger partial charge in [0.25, 0.3) is 0 Å². The van der Waals surface area contributed by atoms with E-state index < -0.39 is 4.92 Å². The zero-order valence-electron chi connectivity index (χ0n) is 6.33. The van der Waals surface area contributed by atoms with Crippen LogP contribution in [-0.4, -0.2) is 21.7 Å². The molecule has 0 unspecified atom stereocenters. The molecule has 2 N–H and O–H groups in total. The van der Waals surface area contributed by atoms with Crippen LogP contribution < -0.4 is 5.32 Å². The Morgan fingerprint density at radius 1 is 1.58 bits per heavy atom. The maximum Gasteiger partial charge on any atom is 0.366 e. The summed E-state index contributed by atoms with van der Waals surface area (Å²) in [6.45, 7) is 0.785. The third-order valence-corrected chi connectivity index (χ3v) is 1.90. The molecule has 0 bridgehead atoms. The second-order valence-corrected chi connectivity index (χ2v) is 2.68. The van der Waals surface area contributed by atoms with Gasteiger partial charge in [-0.05, 0) is 17.8 Å². The second kappa shape index (κ2) is 2.47. The van der Waals surface area contributed by atoms with Crippen LogP contribution in [0.1, 0.15) is 12.1 Å². The first-order chi connectivity index (χ1) is 5.79. The number of H-pyrrole nitrogens is 1. The third-order valence-electron chi connectivity index (χ3n) is 1.90. The second-order valence-electron chi connectivity index (χ2n) is 2.68. The lowest BCUT2D eigenvalue weighted by molar-refractivity contribution is -0.388. The fourth-order valence-corrected chi connectivity index (χ4v) is 1.34. The van der Waals surface area contributed by atoms with Crippen molar-refractivity contribution in [3.8, 4) is 0 Å². The molecule has 2 rings (SSSR count). The molecule has 1 aliphatic heterocycles. The Morgan fingerprint density at radius 3 is 3.17 bits per heavy atom. The minimum Gasteiger partial charge on any atom is -0.377 e. The van der Waals surface area contributed by atoms with Crippen LogP contribution in [0.2, 0.25) is 0 Å². The number of nitro groups is 1. The van der Waals surface area contributed by atoms with E-state index >= 15 is 0 Å². The Morgan fingerprint density at radius 2 is 2.42 bits per heavy atom. The summed E-state index contributed by atoms with van der Waals surface area (Å²) in [4.78, 5) is 9.97. The Balaban J connectivity index is 2.44. The maximum atomic E-state index is 10.4. The SMILES string of the molecule is O=[N+]([O-])c1[nH]nc2c1NCCC2. The van der Waals surface area contributed by atoms with Crippen LogP contribution >= 0.6 is 0 Å². The van der Waals surface area contributed by atoms with Crippen molar-refractivity contribution in [2.24, 2.45) is 0 Å². The summed E-state index contributed by atoms with van der Waals surface area (Å²) < 4.78 is 0. The van der Waals surface area contributed by atoms with Crippen LogP contribution in [0.4, 0.5) is 11.5 Å². The van der Waals surface area contributed by atoms with Gasteiger partial charge >= 0.3 is 5.82 Å². The van der Waals surface area contributed by atoms with E-state index in [0.717, 1.165) is 25.1 Å². The summed E-state index contributed by atoms with van der Waals surface area (Å²) in [6.07, 6.45) is 1.79. The van der Waals surface area contributed by atoms with Gasteiger partial charge in [-0.25, -0.2) is 0 Å². The number of nitrogens with one attached hydrogen (secondary N) is 2. The molecule has 1 aromatic heterocycles. The lowest BCUT2D eigenvalue weighted by Crippen LogP contribution is -2.11. The average Bonchev–Trinajstić information content (AvgIpc) is 2.47. The number of hydrogen-bond donors (Lipinski definition) is 2. The van der Waals surface area contributed by atoms with Crippen molar-refractivity contribution in [1.29, 1.82) is 0 Å². The number of aromatic amines is 1. The number of aromatic nitrogens is 2. The number of aryl methyl sites for hydroxylation is 1. The van der Waals surface area contributed by atoms with Gasteiger partial charge in [-0.1, -0.05) is 5.10 Å². The smallest absolute Gasteiger partial charge is 0.366 e. The van der Waals surface area contributed by atoms with Gasteiger partial charge in [0.2, 0.25) is 0 Å². The normalized spacial score (nSPS) is 15.0. The first-order valence-corrected chi connectivity index (χ1v) is 3.74. The maximum absolute atomic E-state index is 10.4. The van der Waals surface area contributed by atoms with Crippen LogP contribution in [0.25, 0.3) is 0 Å². The average molecular weight is 168 g/mol. The molecule has 0 radical (unpaired) electrons. The highest BCUT2D eigenvalue weighted by Crippen LogP contribution is 2.28. The van der Waals surface area contributed by atoms with Crippen molar-refractivity contribution in [1.82, 2.24) is 10.2 Å². The highest BCUT2D eigenvalue weighted by Gasteiger charge is 2.23. The van der Waals surface area contributed by atoms with E-state index in [4.69, 9.17) is 0 Å². The van der Waals surface area contributed by atoms with E-state index in [2.05, 4.69) is 15.5 Å². The minimum absolute atomic E-state index is 0.0234. The van der Waals surface area contributed by atoms with Crippen molar-refractivity contribution >= 4 is 11.5 Å². The molecule has 0 saturated heterocycles. The zero-order valence-corrected chi connectivity index (χ0v) is 6.33. The van der Waals surface area contributed by atoms with Gasteiger partial charge in [0, 0.05) is 6.54 Å². The van der Waals surface area contributed by atoms with Crippen LogP contribution in [0, 0.1) is 10.1 Å². The molecule has 1 aromatic rings. The zero-order chi connectivity index (χ0) is 8.55. The molecule has 64 valence electrons. The Bertz CT molecular complexity index is 319. The molecule has 2 heterocycles. The molecule has 6 heteroatoms. The van der Waals surface area contributed by atoms with Crippen molar-refractivity contribution < 1.29 is 4.92 Å². The highest BCUT2D eigenvalue weighted by atomic mass is 16.6. The number of fused-ring (bicyclic) bond motifs is 1. The van der Waals surface area contributed by atoms with Crippen molar-refractivity contribution in [3.63, 3.8) is 0 Å². The minimum atomic E-state index is -0.454. The molecule has 0 amide bonds. The van der Waals surface area contributed by atoms with Crippen LogP contribution in [0.3, 0.4) is 0 Å². The summed E-state index contributed by atoms with van der Waals surface area (Å²) in [5, 5.41) is 19.6. The van der Waals surface area contributed by atoms with Crippen molar-refractivity contribution in [2.75, 3.05) is 11.9 Å². The lowest BCUT2D eigenvalue weighted by atomic mass is 10.1. The van der Waals surface area contributed by atoms with E-state index in [1.807, 2.05) is 0 Å². The van der Waals surface area contributed by atoms with E-state index in [-0.39, 0.29) is 5.82 Å². The molecule has 0 aromatic carbocycles. The van der Waals surface area contributed by atoms with Crippen molar-refractivity contribution in [3.05, 3.63) is 15.8 Å². The van der Waals surface area contributed by atoms with Gasteiger partial charge in [0.15, 0.2) is 5.69 Å². The fraction of sp³-hybridized carbons (Fsp3) is 0.500. The van der Waals surface area contributed by atoms with Crippen LogP contribution in [0.15, 0.2) is 0 Å². The topological polar surface area (TPSA) is 83.8 Å². The predicted octanol–water partition coefficient (Wildman–Crippen LogP) is 0.676. The van der Waals surface area contributed by atoms with Gasteiger partial charge in [0.05, 0.1) is 0 Å². The summed E-state index contributed by atoms with van der Waals surface area (Å²) in [6, 6.07) is 0. The number of anilines is 1. The molecular formula is C6H8N4O2. The highest BCUT2D eigenvalue weighted by molar-refractivity contribution is 5.62. The summed E-state index contributed by atoms with van der Waals surface area (Å²) in [7, 11) is 0. The number of hydrogen-bond acceptors (Lipinski definition) is 4. The van der Waals surface area contributed by atoms with Gasteiger partial charge in [-0.15, -0.1) is 5.10 Å². The molecule has 6 nitrogen and oxygen atoms in total. The van der Waals surface area contributed by atoms with Crippen LogP contribution in [0.5, 0.6) is 0 Å². The summed E-state index contributed by atoms with van der Waals surface area (Å²) in [5.74, 6) is -0.0234. The summed E-state index contributed by atoms with van der Waals surface area (Å²) >= 11 is 0. The van der Waals surface area contributed by atoms with Gasteiger partial charge in [-0.3, -0.25) is 0 Å². The molecule has 1 aliphatic rings. The quantitative estimate of drug-likeness (QED) is 0.477. The molecular weight excluding hydrogens is 160 g/mol. The third kappa shape index (κ3) is 0.919. The number of nitrogens with zero attached hydrogens (tertiary/aromatic N) is 2. The van der Waals surface area contributed by atoms with E-state index in [9.17, 15) is 10.1 Å². The molecule has 0 spiro atoms.